The minimum Gasteiger partial charge on any atom is -0.438 e. The standard InChI is InChI=1S/C52H32N2O/c1-2-12-33(13-3-1)34-22-24-37(25-23-34)54(39-30-45-44-28-35-14-4-5-15-36(35)29-50(44)55-51(45)53-32-39)38-26-27-43-42-18-8-11-21-48(42)52(49(43)31-38)46-19-9-6-16-40(46)41-17-7-10-20-47(41)52/h1-32H. The molecular formula is C52H32N2O. The minimum atomic E-state index is -0.442. The third kappa shape index (κ3) is 4.24. The number of hydrogen-bond donors (Lipinski definition) is 0. The molecule has 0 fully saturated rings. The summed E-state index contributed by atoms with van der Waals surface area (Å²) < 4.78 is 6.37. The Bertz CT molecular complexity index is 3090. The molecule has 10 aromatic rings. The van der Waals surface area contributed by atoms with E-state index in [4.69, 9.17) is 9.40 Å². The van der Waals surface area contributed by atoms with E-state index in [1.165, 1.54) is 61.0 Å². The second kappa shape index (κ2) is 11.4. The summed E-state index contributed by atoms with van der Waals surface area (Å²) in [6.07, 6.45) is 1.95. The zero-order chi connectivity index (χ0) is 36.1. The lowest BCUT2D eigenvalue weighted by molar-refractivity contribution is 0.654. The van der Waals surface area contributed by atoms with Gasteiger partial charge in [-0.15, -0.1) is 0 Å². The molecular weight excluding hydrogens is 669 g/mol. The van der Waals surface area contributed by atoms with Crippen LogP contribution in [0.4, 0.5) is 17.1 Å². The Kier molecular flexibility index (Phi) is 6.26. The van der Waals surface area contributed by atoms with Crippen molar-refractivity contribution in [1.29, 1.82) is 0 Å². The molecule has 256 valence electrons. The van der Waals surface area contributed by atoms with Crippen molar-refractivity contribution in [2.24, 2.45) is 0 Å². The monoisotopic (exact) mass is 700 g/mol. The molecule has 3 nitrogen and oxygen atoms in total. The van der Waals surface area contributed by atoms with Gasteiger partial charge in [0.1, 0.15) is 5.58 Å². The van der Waals surface area contributed by atoms with Crippen molar-refractivity contribution in [3.8, 4) is 33.4 Å². The fourth-order valence-electron chi connectivity index (χ4n) is 9.56. The maximum absolute atomic E-state index is 6.37. The molecule has 0 saturated heterocycles. The van der Waals surface area contributed by atoms with E-state index in [1.54, 1.807) is 0 Å². The van der Waals surface area contributed by atoms with Crippen LogP contribution in [0.2, 0.25) is 0 Å². The maximum atomic E-state index is 6.37. The summed E-state index contributed by atoms with van der Waals surface area (Å²) in [5.74, 6) is 0. The van der Waals surface area contributed by atoms with Crippen molar-refractivity contribution in [2.45, 2.75) is 5.41 Å². The van der Waals surface area contributed by atoms with Crippen LogP contribution in [0.3, 0.4) is 0 Å². The lowest BCUT2D eigenvalue weighted by Gasteiger charge is -2.32. The van der Waals surface area contributed by atoms with Crippen LogP contribution < -0.4 is 4.90 Å². The number of nitrogens with zero attached hydrogens (tertiary/aromatic N) is 2. The van der Waals surface area contributed by atoms with E-state index in [1.807, 2.05) is 6.20 Å². The molecule has 1 spiro atoms. The second-order valence-corrected chi connectivity index (χ2v) is 14.7. The Morgan fingerprint density at radius 1 is 0.400 bits per heavy atom. The number of anilines is 3. The van der Waals surface area contributed by atoms with Gasteiger partial charge < -0.3 is 9.32 Å². The van der Waals surface area contributed by atoms with E-state index in [9.17, 15) is 0 Å². The van der Waals surface area contributed by atoms with Crippen molar-refractivity contribution in [3.05, 3.63) is 217 Å². The van der Waals surface area contributed by atoms with Gasteiger partial charge in [-0.1, -0.05) is 146 Å². The fourth-order valence-corrected chi connectivity index (χ4v) is 9.56. The zero-order valence-corrected chi connectivity index (χ0v) is 29.8. The zero-order valence-electron chi connectivity index (χ0n) is 29.8. The maximum Gasteiger partial charge on any atom is 0.227 e. The molecule has 0 radical (unpaired) electrons. The van der Waals surface area contributed by atoms with Crippen LogP contribution >= 0.6 is 0 Å². The SMILES string of the molecule is c1ccc(-c2ccc(N(c3ccc4c(c3)C3(c5ccccc5-c5ccccc53)c3ccccc3-4)c3cnc4oc5cc6ccccc6cc5c4c3)cc2)cc1. The van der Waals surface area contributed by atoms with Gasteiger partial charge in [-0.3, -0.25) is 0 Å². The topological polar surface area (TPSA) is 29.3 Å². The van der Waals surface area contributed by atoms with Crippen LogP contribution in [-0.4, -0.2) is 4.98 Å². The summed E-state index contributed by atoms with van der Waals surface area (Å²) in [5.41, 5.74) is 16.9. The molecule has 0 bridgehead atoms. The summed E-state index contributed by atoms with van der Waals surface area (Å²) >= 11 is 0. The summed E-state index contributed by atoms with van der Waals surface area (Å²) in [4.78, 5) is 7.33. The number of pyridine rings is 1. The predicted molar refractivity (Wildman–Crippen MR) is 225 cm³/mol. The van der Waals surface area contributed by atoms with Crippen molar-refractivity contribution >= 4 is 49.9 Å². The quantitative estimate of drug-likeness (QED) is 0.183. The molecule has 2 aliphatic rings. The molecule has 0 N–H and O–H groups in total. The smallest absolute Gasteiger partial charge is 0.227 e. The lowest BCUT2D eigenvalue weighted by Crippen LogP contribution is -2.26. The Balaban J connectivity index is 1.11. The van der Waals surface area contributed by atoms with Crippen LogP contribution in [-0.2, 0) is 5.41 Å². The van der Waals surface area contributed by atoms with Crippen molar-refractivity contribution in [1.82, 2.24) is 4.98 Å². The number of furan rings is 1. The first-order chi connectivity index (χ1) is 27.3. The van der Waals surface area contributed by atoms with Crippen molar-refractivity contribution in [3.63, 3.8) is 0 Å². The predicted octanol–water partition coefficient (Wildman–Crippen LogP) is 13.6. The van der Waals surface area contributed by atoms with E-state index in [-0.39, 0.29) is 0 Å². The highest BCUT2D eigenvalue weighted by Crippen LogP contribution is 2.63. The van der Waals surface area contributed by atoms with Gasteiger partial charge >= 0.3 is 0 Å². The Morgan fingerprint density at radius 2 is 0.945 bits per heavy atom. The molecule has 0 atom stereocenters. The molecule has 0 saturated carbocycles. The molecule has 3 heteroatoms. The molecule has 8 aromatic carbocycles. The van der Waals surface area contributed by atoms with Crippen LogP contribution in [0.25, 0.3) is 66.2 Å². The van der Waals surface area contributed by atoms with Gasteiger partial charge in [-0.05, 0) is 109 Å². The molecule has 12 rings (SSSR count). The van der Waals surface area contributed by atoms with Gasteiger partial charge in [-0.25, -0.2) is 4.98 Å². The lowest BCUT2D eigenvalue weighted by atomic mass is 9.70. The van der Waals surface area contributed by atoms with E-state index in [2.05, 4.69) is 193 Å². The first-order valence-electron chi connectivity index (χ1n) is 18.9. The van der Waals surface area contributed by atoms with Gasteiger partial charge in [-0.2, -0.15) is 0 Å². The van der Waals surface area contributed by atoms with Crippen LogP contribution in [0, 0.1) is 0 Å². The van der Waals surface area contributed by atoms with Gasteiger partial charge in [0.2, 0.25) is 5.71 Å². The third-order valence-corrected chi connectivity index (χ3v) is 11.9. The normalized spacial score (nSPS) is 13.2. The number of benzene rings is 8. The van der Waals surface area contributed by atoms with E-state index < -0.39 is 5.41 Å². The van der Waals surface area contributed by atoms with E-state index in [0.29, 0.717) is 5.71 Å². The molecule has 0 amide bonds. The Labute approximate surface area is 318 Å². The minimum absolute atomic E-state index is 0.442. The van der Waals surface area contributed by atoms with Gasteiger partial charge in [0.15, 0.2) is 0 Å². The summed E-state index contributed by atoms with van der Waals surface area (Å²) in [5, 5.41) is 4.38. The Hall–Kier alpha value is -7.23. The Morgan fingerprint density at radius 3 is 1.62 bits per heavy atom. The average Bonchev–Trinajstić information content (AvgIpc) is 3.87. The van der Waals surface area contributed by atoms with Gasteiger partial charge in [0.25, 0.3) is 0 Å². The fraction of sp³-hybridized carbons (Fsp3) is 0.0192. The van der Waals surface area contributed by atoms with Gasteiger partial charge in [0, 0.05) is 16.8 Å². The summed E-state index contributed by atoms with van der Waals surface area (Å²) in [6, 6.07) is 68.5. The van der Waals surface area contributed by atoms with Gasteiger partial charge in [0.05, 0.1) is 22.7 Å². The largest absolute Gasteiger partial charge is 0.438 e. The first kappa shape index (κ1) is 30.3. The first-order valence-corrected chi connectivity index (χ1v) is 18.9. The molecule has 0 unspecified atom stereocenters. The summed E-state index contributed by atoms with van der Waals surface area (Å²) in [6.45, 7) is 0. The molecule has 2 heterocycles. The second-order valence-electron chi connectivity index (χ2n) is 14.7. The number of hydrogen-bond acceptors (Lipinski definition) is 3. The number of aromatic nitrogens is 1. The number of rotatable bonds is 4. The highest BCUT2D eigenvalue weighted by atomic mass is 16.3. The van der Waals surface area contributed by atoms with Crippen LogP contribution in [0.1, 0.15) is 22.3 Å². The molecule has 2 aromatic heterocycles. The average molecular weight is 701 g/mol. The third-order valence-electron chi connectivity index (χ3n) is 11.9. The number of fused-ring (bicyclic) bond motifs is 14. The van der Waals surface area contributed by atoms with Crippen LogP contribution in [0.5, 0.6) is 0 Å². The molecule has 55 heavy (non-hydrogen) atoms. The molecule has 0 aliphatic heterocycles. The highest BCUT2D eigenvalue weighted by molar-refractivity contribution is 6.10. The van der Waals surface area contributed by atoms with E-state index in [0.717, 1.165) is 38.8 Å². The van der Waals surface area contributed by atoms with Crippen LogP contribution in [0.15, 0.2) is 199 Å². The molecule has 2 aliphatic carbocycles. The summed E-state index contributed by atoms with van der Waals surface area (Å²) in [7, 11) is 0. The van der Waals surface area contributed by atoms with Crippen molar-refractivity contribution < 1.29 is 4.42 Å². The van der Waals surface area contributed by atoms with E-state index >= 15 is 0 Å². The highest BCUT2D eigenvalue weighted by Gasteiger charge is 2.51. The van der Waals surface area contributed by atoms with Crippen molar-refractivity contribution in [2.75, 3.05) is 4.90 Å².